The number of rotatable bonds is 12. The highest BCUT2D eigenvalue weighted by Gasteiger charge is 2.33. The average molecular weight is 453 g/mol. The summed E-state index contributed by atoms with van der Waals surface area (Å²) in [5, 5.41) is 20.9. The van der Waals surface area contributed by atoms with Crippen LogP contribution in [0.4, 0.5) is 0 Å². The zero-order valence-electron chi connectivity index (χ0n) is 18.2. The third-order valence-electron chi connectivity index (χ3n) is 4.83. The Morgan fingerprint density at radius 3 is 2.84 bits per heavy atom. The third kappa shape index (κ3) is 9.87. The van der Waals surface area contributed by atoms with Crippen molar-refractivity contribution in [1.82, 2.24) is 0 Å². The lowest BCUT2D eigenvalue weighted by Crippen LogP contribution is -2.23. The molecule has 2 N–H and O–H groups in total. The highest BCUT2D eigenvalue weighted by atomic mass is 35.5. The molecule has 0 saturated carbocycles. The predicted molar refractivity (Wildman–Crippen MR) is 120 cm³/mol. The summed E-state index contributed by atoms with van der Waals surface area (Å²) in [4.78, 5) is 11.5. The molecule has 1 aromatic carbocycles. The lowest BCUT2D eigenvalue weighted by atomic mass is 9.93. The van der Waals surface area contributed by atoms with Crippen molar-refractivity contribution in [3.63, 3.8) is 0 Å². The average Bonchev–Trinajstić information content (AvgIpc) is 3.06. The van der Waals surface area contributed by atoms with Gasteiger partial charge in [0.25, 0.3) is 0 Å². The highest BCUT2D eigenvalue weighted by Crippen LogP contribution is 2.27. The molecule has 1 aliphatic rings. The Balaban J connectivity index is 1.71. The van der Waals surface area contributed by atoms with E-state index in [1.807, 2.05) is 26.0 Å². The van der Waals surface area contributed by atoms with E-state index < -0.39 is 12.2 Å². The molecular weight excluding hydrogens is 420 g/mol. The van der Waals surface area contributed by atoms with Crippen LogP contribution in [0, 0.1) is 5.92 Å². The van der Waals surface area contributed by atoms with Gasteiger partial charge in [-0.1, -0.05) is 42.0 Å². The largest absolute Gasteiger partial charge is 0.491 e. The van der Waals surface area contributed by atoms with Gasteiger partial charge in [0.15, 0.2) is 0 Å². The summed E-state index contributed by atoms with van der Waals surface area (Å²) in [6.45, 7) is 4.04. The predicted octanol–water partition coefficient (Wildman–Crippen LogP) is 4.08. The summed E-state index contributed by atoms with van der Waals surface area (Å²) in [6, 6.07) is 6.99. The first-order chi connectivity index (χ1) is 14.8. The Hall–Kier alpha value is -1.86. The summed E-state index contributed by atoms with van der Waals surface area (Å²) in [5.74, 6) is 0.352. The second kappa shape index (κ2) is 13.5. The van der Waals surface area contributed by atoms with Gasteiger partial charge in [-0.05, 0) is 51.3 Å². The summed E-state index contributed by atoms with van der Waals surface area (Å²) in [7, 11) is 0. The smallest absolute Gasteiger partial charge is 0.306 e. The van der Waals surface area contributed by atoms with Crippen LogP contribution in [-0.4, -0.2) is 53.8 Å². The molecule has 0 radical (unpaired) electrons. The van der Waals surface area contributed by atoms with Crippen LogP contribution >= 0.6 is 11.6 Å². The first-order valence-corrected chi connectivity index (χ1v) is 11.1. The van der Waals surface area contributed by atoms with Gasteiger partial charge in [0.05, 0.1) is 24.9 Å². The molecule has 1 saturated heterocycles. The van der Waals surface area contributed by atoms with E-state index in [-0.39, 0.29) is 37.3 Å². The number of hydrogen-bond donors (Lipinski definition) is 2. The van der Waals surface area contributed by atoms with Crippen LogP contribution in [0.5, 0.6) is 5.75 Å². The molecule has 0 spiro atoms. The number of benzene rings is 1. The van der Waals surface area contributed by atoms with E-state index in [4.69, 9.17) is 25.8 Å². The Kier molecular flexibility index (Phi) is 11.1. The van der Waals surface area contributed by atoms with Crippen molar-refractivity contribution >= 4 is 17.6 Å². The van der Waals surface area contributed by atoms with Gasteiger partial charge in [-0.15, -0.1) is 0 Å². The number of aliphatic hydroxyl groups is 2. The van der Waals surface area contributed by atoms with E-state index in [0.29, 0.717) is 23.6 Å². The fourth-order valence-corrected chi connectivity index (χ4v) is 3.49. The molecule has 0 bridgehead atoms. The van der Waals surface area contributed by atoms with Gasteiger partial charge in [0, 0.05) is 17.4 Å². The van der Waals surface area contributed by atoms with Crippen molar-refractivity contribution < 1.29 is 29.2 Å². The molecule has 7 heteroatoms. The quantitative estimate of drug-likeness (QED) is 0.367. The van der Waals surface area contributed by atoms with Crippen LogP contribution in [0.3, 0.4) is 0 Å². The molecular formula is C24H33ClO6. The molecule has 0 aromatic heterocycles. The number of halogens is 1. The maximum absolute atomic E-state index is 11.5. The Bertz CT molecular complexity index is 733. The molecule has 1 aliphatic heterocycles. The van der Waals surface area contributed by atoms with Gasteiger partial charge in [-0.2, -0.15) is 0 Å². The van der Waals surface area contributed by atoms with E-state index in [1.54, 1.807) is 36.4 Å². The zero-order valence-corrected chi connectivity index (χ0v) is 18.9. The summed E-state index contributed by atoms with van der Waals surface area (Å²) >= 11 is 5.92. The van der Waals surface area contributed by atoms with Gasteiger partial charge in [-0.3, -0.25) is 4.79 Å². The Morgan fingerprint density at radius 2 is 2.10 bits per heavy atom. The third-order valence-corrected chi connectivity index (χ3v) is 5.07. The standard InChI is InChI=1S/C24H33ClO6/c1-17(2)31-24(28)11-6-4-3-5-10-21-22(27)16-30-23(21)13-12-19(26)15-29-20-9-7-8-18(25)14-20/h3-4,7-9,12-14,17,19,21-23,26-27H,5-6,10-11,15-16H2,1-2H3. The molecule has 1 aromatic rings. The van der Waals surface area contributed by atoms with Crippen molar-refractivity contribution in [2.75, 3.05) is 13.2 Å². The van der Waals surface area contributed by atoms with Crippen LogP contribution in [0.1, 0.15) is 39.5 Å². The molecule has 0 aliphatic carbocycles. The minimum absolute atomic E-state index is 0.0483. The summed E-state index contributed by atoms with van der Waals surface area (Å²) in [5.41, 5.74) is 0. The number of aliphatic hydroxyl groups excluding tert-OH is 2. The maximum atomic E-state index is 11.5. The van der Waals surface area contributed by atoms with Crippen LogP contribution in [-0.2, 0) is 14.3 Å². The van der Waals surface area contributed by atoms with E-state index in [0.717, 1.165) is 12.8 Å². The molecule has 1 heterocycles. The van der Waals surface area contributed by atoms with Gasteiger partial charge in [-0.25, -0.2) is 0 Å². The van der Waals surface area contributed by atoms with Gasteiger partial charge in [0.2, 0.25) is 0 Å². The minimum atomic E-state index is -0.800. The molecule has 31 heavy (non-hydrogen) atoms. The first kappa shape index (κ1) is 25.4. The van der Waals surface area contributed by atoms with Crippen molar-refractivity contribution in [3.05, 3.63) is 53.6 Å². The number of esters is 1. The number of ether oxygens (including phenoxy) is 3. The topological polar surface area (TPSA) is 85.2 Å². The lowest BCUT2D eigenvalue weighted by Gasteiger charge is -2.17. The fourth-order valence-electron chi connectivity index (χ4n) is 3.31. The second-order valence-electron chi connectivity index (χ2n) is 7.88. The van der Waals surface area contributed by atoms with E-state index in [9.17, 15) is 15.0 Å². The van der Waals surface area contributed by atoms with Crippen LogP contribution in [0.25, 0.3) is 0 Å². The first-order valence-electron chi connectivity index (χ1n) is 10.7. The van der Waals surface area contributed by atoms with Crippen molar-refractivity contribution in [2.24, 2.45) is 5.92 Å². The van der Waals surface area contributed by atoms with E-state index >= 15 is 0 Å². The number of hydrogen-bond acceptors (Lipinski definition) is 6. The van der Waals surface area contributed by atoms with E-state index in [2.05, 4.69) is 0 Å². The molecule has 0 amide bonds. The normalized spacial score (nSPS) is 22.5. The zero-order chi connectivity index (χ0) is 22.6. The molecule has 4 atom stereocenters. The highest BCUT2D eigenvalue weighted by molar-refractivity contribution is 6.30. The summed E-state index contributed by atoms with van der Waals surface area (Å²) in [6.07, 6.45) is 8.24. The maximum Gasteiger partial charge on any atom is 0.306 e. The Labute approximate surface area is 189 Å². The second-order valence-corrected chi connectivity index (χ2v) is 8.31. The molecule has 172 valence electrons. The summed E-state index contributed by atoms with van der Waals surface area (Å²) < 4.78 is 16.3. The number of carbonyl (C=O) groups is 1. The Morgan fingerprint density at radius 1 is 1.32 bits per heavy atom. The molecule has 1 fully saturated rings. The SMILES string of the molecule is CC(C)OC(=O)CCC=CCCC1C(O)COC1C=CC(O)COc1cccc(Cl)c1. The van der Waals surface area contributed by atoms with Gasteiger partial charge >= 0.3 is 5.97 Å². The number of carbonyl (C=O) groups excluding carboxylic acids is 1. The van der Waals surface area contributed by atoms with Crippen LogP contribution in [0.2, 0.25) is 5.02 Å². The van der Waals surface area contributed by atoms with Crippen LogP contribution < -0.4 is 4.74 Å². The van der Waals surface area contributed by atoms with Crippen molar-refractivity contribution in [3.8, 4) is 5.75 Å². The van der Waals surface area contributed by atoms with Crippen molar-refractivity contribution in [2.45, 2.75) is 63.9 Å². The molecule has 4 unspecified atom stereocenters. The minimum Gasteiger partial charge on any atom is -0.491 e. The number of allylic oxidation sites excluding steroid dienone is 2. The lowest BCUT2D eigenvalue weighted by molar-refractivity contribution is -0.147. The molecule has 6 nitrogen and oxygen atoms in total. The van der Waals surface area contributed by atoms with Crippen molar-refractivity contribution in [1.29, 1.82) is 0 Å². The van der Waals surface area contributed by atoms with Crippen LogP contribution in [0.15, 0.2) is 48.6 Å². The van der Waals surface area contributed by atoms with Gasteiger partial charge < -0.3 is 24.4 Å². The monoisotopic (exact) mass is 452 g/mol. The van der Waals surface area contributed by atoms with Gasteiger partial charge in [0.1, 0.15) is 18.5 Å². The fraction of sp³-hybridized carbons (Fsp3) is 0.542. The van der Waals surface area contributed by atoms with E-state index in [1.165, 1.54) is 0 Å². The molecule has 2 rings (SSSR count).